The average Bonchev–Trinajstić information content (AvgIpc) is 3.24. The highest BCUT2D eigenvalue weighted by Crippen LogP contribution is 2.31. The van der Waals surface area contributed by atoms with Crippen molar-refractivity contribution in [3.63, 3.8) is 0 Å². The van der Waals surface area contributed by atoms with E-state index < -0.39 is 0 Å². The van der Waals surface area contributed by atoms with Gasteiger partial charge in [-0.05, 0) is 37.0 Å². The van der Waals surface area contributed by atoms with Gasteiger partial charge < -0.3 is 14.8 Å². The molecule has 1 atom stereocenters. The van der Waals surface area contributed by atoms with Crippen molar-refractivity contribution in [3.05, 3.63) is 34.8 Å². The summed E-state index contributed by atoms with van der Waals surface area (Å²) in [5, 5.41) is 12.3. The van der Waals surface area contributed by atoms with Gasteiger partial charge in [-0.25, -0.2) is 0 Å². The fourth-order valence-corrected chi connectivity index (χ4v) is 3.26. The number of rotatable bonds is 6. The predicted molar refractivity (Wildman–Crippen MR) is 87.8 cm³/mol. The lowest BCUT2D eigenvalue weighted by molar-refractivity contribution is -0.116. The lowest BCUT2D eigenvalue weighted by Crippen LogP contribution is -2.12. The molecule has 1 aliphatic heterocycles. The van der Waals surface area contributed by atoms with Gasteiger partial charge in [0.15, 0.2) is 0 Å². The van der Waals surface area contributed by atoms with Crippen LogP contribution < -0.4 is 10.1 Å². The first kappa shape index (κ1) is 15.9. The highest BCUT2D eigenvalue weighted by Gasteiger charge is 2.22. The van der Waals surface area contributed by atoms with Crippen LogP contribution in [0.3, 0.4) is 0 Å². The van der Waals surface area contributed by atoms with Gasteiger partial charge in [0.2, 0.25) is 11.0 Å². The topological polar surface area (TPSA) is 73.3 Å². The third-order valence-corrected chi connectivity index (χ3v) is 4.62. The highest BCUT2D eigenvalue weighted by atomic mass is 32.1. The first-order chi connectivity index (χ1) is 11.2. The molecule has 0 radical (unpaired) electrons. The number of amides is 1. The molecule has 1 N–H and O–H groups in total. The Morgan fingerprint density at radius 1 is 1.39 bits per heavy atom. The predicted octanol–water partition coefficient (Wildman–Crippen LogP) is 2.97. The maximum atomic E-state index is 12.0. The van der Waals surface area contributed by atoms with Gasteiger partial charge in [-0.2, -0.15) is 0 Å². The second-order valence-electron chi connectivity index (χ2n) is 5.34. The molecule has 0 unspecified atom stereocenters. The zero-order valence-electron chi connectivity index (χ0n) is 12.9. The molecule has 7 heteroatoms. The molecule has 1 aromatic carbocycles. The zero-order valence-corrected chi connectivity index (χ0v) is 13.8. The molecule has 6 nitrogen and oxygen atoms in total. The van der Waals surface area contributed by atoms with E-state index >= 15 is 0 Å². The summed E-state index contributed by atoms with van der Waals surface area (Å²) in [5.41, 5.74) is 1.10. The van der Waals surface area contributed by atoms with E-state index in [1.54, 1.807) is 7.11 Å². The maximum Gasteiger partial charge on any atom is 0.226 e. The first-order valence-corrected chi connectivity index (χ1v) is 8.44. The Kier molecular flexibility index (Phi) is 5.19. The molecule has 0 saturated carbocycles. The number of nitrogens with one attached hydrogen (secondary N) is 1. The van der Waals surface area contributed by atoms with Crippen LogP contribution in [-0.4, -0.2) is 29.8 Å². The molecule has 0 aliphatic carbocycles. The van der Waals surface area contributed by atoms with Crippen molar-refractivity contribution in [2.45, 2.75) is 31.8 Å². The molecule has 2 heterocycles. The normalized spacial score (nSPS) is 17.2. The maximum absolute atomic E-state index is 12.0. The number of hydrogen-bond acceptors (Lipinski definition) is 6. The Morgan fingerprint density at radius 2 is 2.22 bits per heavy atom. The monoisotopic (exact) mass is 333 g/mol. The molecule has 1 saturated heterocycles. The van der Waals surface area contributed by atoms with Gasteiger partial charge in [0.05, 0.1) is 7.11 Å². The molecule has 1 amide bonds. The van der Waals surface area contributed by atoms with Crippen LogP contribution in [0.5, 0.6) is 5.75 Å². The summed E-state index contributed by atoms with van der Waals surface area (Å²) in [6.07, 6.45) is 3.14. The minimum Gasteiger partial charge on any atom is -0.497 e. The van der Waals surface area contributed by atoms with Gasteiger partial charge >= 0.3 is 0 Å². The number of aromatic nitrogens is 2. The van der Waals surface area contributed by atoms with Crippen LogP contribution in [-0.2, 0) is 16.0 Å². The van der Waals surface area contributed by atoms with E-state index in [4.69, 9.17) is 9.47 Å². The average molecular weight is 333 g/mol. The smallest absolute Gasteiger partial charge is 0.226 e. The highest BCUT2D eigenvalue weighted by molar-refractivity contribution is 7.15. The number of carbonyl (C=O) groups excluding carboxylic acids is 1. The Balaban J connectivity index is 1.48. The van der Waals surface area contributed by atoms with Crippen molar-refractivity contribution in [1.82, 2.24) is 10.2 Å². The molecule has 0 bridgehead atoms. The Hall–Kier alpha value is -1.99. The number of methoxy groups -OCH3 is 1. The molecular formula is C16H19N3O3S. The first-order valence-electron chi connectivity index (χ1n) is 7.62. The van der Waals surface area contributed by atoms with Crippen molar-refractivity contribution in [3.8, 4) is 5.75 Å². The molecule has 1 aromatic heterocycles. The molecule has 3 rings (SSSR count). The van der Waals surface area contributed by atoms with Gasteiger partial charge in [-0.3, -0.25) is 4.79 Å². The number of carbonyl (C=O) groups is 1. The zero-order chi connectivity index (χ0) is 16.1. The third kappa shape index (κ3) is 4.27. The summed E-state index contributed by atoms with van der Waals surface area (Å²) < 4.78 is 10.7. The molecule has 0 spiro atoms. The number of hydrogen-bond donors (Lipinski definition) is 1. The number of ether oxygens (including phenoxy) is 2. The molecule has 1 aliphatic rings. The van der Waals surface area contributed by atoms with Crippen LogP contribution in [0.15, 0.2) is 24.3 Å². The van der Waals surface area contributed by atoms with Gasteiger partial charge in [0.25, 0.3) is 0 Å². The van der Waals surface area contributed by atoms with E-state index in [-0.39, 0.29) is 12.0 Å². The van der Waals surface area contributed by atoms with Crippen LogP contribution in [0, 0.1) is 0 Å². The summed E-state index contributed by atoms with van der Waals surface area (Å²) in [4.78, 5) is 12.0. The van der Waals surface area contributed by atoms with Crippen molar-refractivity contribution >= 4 is 22.4 Å². The summed E-state index contributed by atoms with van der Waals surface area (Å²) >= 11 is 1.39. The van der Waals surface area contributed by atoms with E-state index in [0.717, 1.165) is 35.8 Å². The minimum atomic E-state index is -0.0594. The van der Waals surface area contributed by atoms with Gasteiger partial charge in [-0.15, -0.1) is 10.2 Å². The summed E-state index contributed by atoms with van der Waals surface area (Å²) in [5.74, 6) is 0.754. The summed E-state index contributed by atoms with van der Waals surface area (Å²) in [7, 11) is 1.63. The van der Waals surface area contributed by atoms with Crippen LogP contribution in [0.4, 0.5) is 5.13 Å². The SMILES string of the molecule is COc1ccc(CCC(=O)Nc2nnc([C@H]3CCCO3)s2)cc1. The Labute approximate surface area is 138 Å². The minimum absolute atomic E-state index is 0.0393. The number of benzene rings is 1. The summed E-state index contributed by atoms with van der Waals surface area (Å²) in [6, 6.07) is 7.72. The fraction of sp³-hybridized carbons (Fsp3) is 0.438. The van der Waals surface area contributed by atoms with Gasteiger partial charge in [0, 0.05) is 13.0 Å². The summed E-state index contributed by atoms with van der Waals surface area (Å²) in [6.45, 7) is 0.772. The van der Waals surface area contributed by atoms with E-state index in [1.807, 2.05) is 24.3 Å². The van der Waals surface area contributed by atoms with Crippen LogP contribution in [0.1, 0.15) is 35.9 Å². The molecule has 23 heavy (non-hydrogen) atoms. The van der Waals surface area contributed by atoms with Crippen LogP contribution in [0.2, 0.25) is 0 Å². The molecule has 2 aromatic rings. The number of anilines is 1. The van der Waals surface area contributed by atoms with Crippen LogP contribution >= 0.6 is 11.3 Å². The van der Waals surface area contributed by atoms with Gasteiger partial charge in [0.1, 0.15) is 16.9 Å². The fourth-order valence-electron chi connectivity index (χ4n) is 2.42. The van der Waals surface area contributed by atoms with E-state index in [0.29, 0.717) is 18.0 Å². The quantitative estimate of drug-likeness (QED) is 0.880. The third-order valence-electron chi connectivity index (χ3n) is 3.69. The molecule has 1 fully saturated rings. The standard InChI is InChI=1S/C16H19N3O3S/c1-21-12-7-4-11(5-8-12)6-9-14(20)17-16-19-18-15(23-16)13-3-2-10-22-13/h4-5,7-8,13H,2-3,6,9-10H2,1H3,(H,17,19,20)/t13-/m1/s1. The Morgan fingerprint density at radius 3 is 2.91 bits per heavy atom. The second kappa shape index (κ2) is 7.52. The van der Waals surface area contributed by atoms with Crippen molar-refractivity contribution < 1.29 is 14.3 Å². The van der Waals surface area contributed by atoms with Crippen molar-refractivity contribution in [2.24, 2.45) is 0 Å². The largest absolute Gasteiger partial charge is 0.497 e. The number of nitrogens with zero attached hydrogens (tertiary/aromatic N) is 2. The van der Waals surface area contributed by atoms with Crippen molar-refractivity contribution in [1.29, 1.82) is 0 Å². The lowest BCUT2D eigenvalue weighted by Gasteiger charge is -2.04. The van der Waals surface area contributed by atoms with E-state index in [1.165, 1.54) is 11.3 Å². The second-order valence-corrected chi connectivity index (χ2v) is 6.35. The van der Waals surface area contributed by atoms with Gasteiger partial charge in [-0.1, -0.05) is 23.5 Å². The molecule has 122 valence electrons. The van der Waals surface area contributed by atoms with E-state index in [2.05, 4.69) is 15.5 Å². The number of aryl methyl sites for hydroxylation is 1. The van der Waals surface area contributed by atoms with Crippen molar-refractivity contribution in [2.75, 3.05) is 19.0 Å². The van der Waals surface area contributed by atoms with Crippen LogP contribution in [0.25, 0.3) is 0 Å². The van der Waals surface area contributed by atoms with E-state index in [9.17, 15) is 4.79 Å². The lowest BCUT2D eigenvalue weighted by atomic mass is 10.1. The molecular weight excluding hydrogens is 314 g/mol. The Bertz CT molecular complexity index is 651.